The number of amides is 1. The third kappa shape index (κ3) is 5.27. The molecule has 1 spiro atoms. The molecule has 0 aromatic carbocycles. The summed E-state index contributed by atoms with van der Waals surface area (Å²) < 4.78 is 37.0. The quantitative estimate of drug-likeness (QED) is 0.712. The van der Waals surface area contributed by atoms with Gasteiger partial charge in [0, 0.05) is 31.6 Å². The van der Waals surface area contributed by atoms with Gasteiger partial charge in [-0.25, -0.2) is 4.79 Å². The molecule has 10 heteroatoms. The fourth-order valence-corrected chi connectivity index (χ4v) is 5.44. The summed E-state index contributed by atoms with van der Waals surface area (Å²) in [5.41, 5.74) is 1.07. The molecule has 1 aliphatic carbocycles. The number of carboxylic acid groups (broad SMARTS) is 1. The van der Waals surface area contributed by atoms with Crippen molar-refractivity contribution in [1.82, 2.24) is 15.0 Å². The molecule has 2 aliphatic heterocycles. The second-order valence-electron chi connectivity index (χ2n) is 9.13. The third-order valence-electron chi connectivity index (χ3n) is 7.06. The second kappa shape index (κ2) is 9.80. The van der Waals surface area contributed by atoms with E-state index in [1.165, 1.54) is 25.7 Å². The molecule has 2 atom stereocenters. The van der Waals surface area contributed by atoms with Crippen molar-refractivity contribution in [2.45, 2.75) is 89.5 Å². The van der Waals surface area contributed by atoms with E-state index in [0.717, 1.165) is 62.7 Å². The number of carbonyl (C=O) groups excluding carboxylic acids is 1. The number of carboxylic acids is 1. The lowest BCUT2D eigenvalue weighted by Gasteiger charge is -2.53. The maximum Gasteiger partial charge on any atom is 0.490 e. The number of aromatic nitrogens is 1. The Morgan fingerprint density at radius 2 is 2.00 bits per heavy atom. The zero-order valence-electron chi connectivity index (χ0n) is 18.7. The summed E-state index contributed by atoms with van der Waals surface area (Å²) in [7, 11) is 0. The highest BCUT2D eigenvalue weighted by Crippen LogP contribution is 2.45. The summed E-state index contributed by atoms with van der Waals surface area (Å²) >= 11 is 0. The first-order chi connectivity index (χ1) is 15.1. The van der Waals surface area contributed by atoms with Crippen LogP contribution in [0.15, 0.2) is 10.6 Å². The van der Waals surface area contributed by atoms with E-state index in [2.05, 4.69) is 21.9 Å². The molecule has 1 aromatic heterocycles. The van der Waals surface area contributed by atoms with E-state index in [1.54, 1.807) is 0 Å². The molecule has 0 radical (unpaired) electrons. The molecule has 1 saturated carbocycles. The van der Waals surface area contributed by atoms with E-state index in [4.69, 9.17) is 14.4 Å². The van der Waals surface area contributed by atoms with Gasteiger partial charge in [-0.05, 0) is 57.9 Å². The zero-order valence-corrected chi connectivity index (χ0v) is 18.7. The lowest BCUT2D eigenvalue weighted by atomic mass is 9.76. The van der Waals surface area contributed by atoms with Gasteiger partial charge in [-0.3, -0.25) is 9.69 Å². The minimum Gasteiger partial charge on any atom is -0.475 e. The van der Waals surface area contributed by atoms with Crippen molar-refractivity contribution in [1.29, 1.82) is 0 Å². The number of carbonyl (C=O) groups is 2. The molecule has 1 N–H and O–H groups in total. The molecule has 3 aliphatic rings. The van der Waals surface area contributed by atoms with E-state index in [-0.39, 0.29) is 5.54 Å². The number of likely N-dealkylation sites (tertiary alicyclic amines) is 2. The molecule has 2 saturated heterocycles. The molecule has 4 rings (SSSR count). The minimum absolute atomic E-state index is 0.0540. The Labute approximate surface area is 185 Å². The van der Waals surface area contributed by atoms with E-state index in [9.17, 15) is 18.0 Å². The highest BCUT2D eigenvalue weighted by atomic mass is 19.4. The molecular formula is C22H32F3N3O4. The van der Waals surface area contributed by atoms with Crippen molar-refractivity contribution in [3.8, 4) is 0 Å². The van der Waals surface area contributed by atoms with Crippen LogP contribution in [0.25, 0.3) is 0 Å². The number of aliphatic carboxylic acids is 1. The first-order valence-corrected chi connectivity index (χ1v) is 11.3. The fraction of sp³-hybridized carbons (Fsp3) is 0.773. The van der Waals surface area contributed by atoms with Crippen LogP contribution in [-0.2, 0) is 16.1 Å². The van der Waals surface area contributed by atoms with Crippen LogP contribution in [0.1, 0.15) is 69.7 Å². The van der Waals surface area contributed by atoms with Crippen LogP contribution in [0.3, 0.4) is 0 Å². The number of rotatable bonds is 5. The maximum absolute atomic E-state index is 12.7. The second-order valence-corrected chi connectivity index (χ2v) is 9.13. The lowest BCUT2D eigenvalue weighted by Crippen LogP contribution is -2.63. The highest BCUT2D eigenvalue weighted by Gasteiger charge is 2.53. The molecule has 32 heavy (non-hydrogen) atoms. The molecular weight excluding hydrogens is 427 g/mol. The fourth-order valence-electron chi connectivity index (χ4n) is 5.44. The van der Waals surface area contributed by atoms with Crippen molar-refractivity contribution in [3.05, 3.63) is 17.5 Å². The Bertz CT molecular complexity index is 809. The van der Waals surface area contributed by atoms with Crippen LogP contribution < -0.4 is 0 Å². The predicted octanol–water partition coefficient (Wildman–Crippen LogP) is 4.15. The summed E-state index contributed by atoms with van der Waals surface area (Å²) in [6.45, 7) is 7.15. The lowest BCUT2D eigenvalue weighted by molar-refractivity contribution is -0.192. The maximum atomic E-state index is 12.7. The number of alkyl halides is 3. The van der Waals surface area contributed by atoms with E-state index >= 15 is 0 Å². The first kappa shape index (κ1) is 24.5. The molecule has 7 nitrogen and oxygen atoms in total. The van der Waals surface area contributed by atoms with Gasteiger partial charge in [0.05, 0.1) is 11.2 Å². The Morgan fingerprint density at radius 3 is 2.50 bits per heavy atom. The molecule has 180 valence electrons. The molecule has 1 aromatic rings. The molecule has 1 amide bonds. The van der Waals surface area contributed by atoms with Crippen LogP contribution in [0.2, 0.25) is 0 Å². The van der Waals surface area contributed by atoms with Crippen molar-refractivity contribution >= 4 is 11.9 Å². The van der Waals surface area contributed by atoms with Gasteiger partial charge in [0.1, 0.15) is 5.76 Å². The molecule has 3 heterocycles. The average Bonchev–Trinajstić information content (AvgIpc) is 3.22. The molecule has 0 bridgehead atoms. The van der Waals surface area contributed by atoms with E-state index in [1.807, 2.05) is 13.0 Å². The summed E-state index contributed by atoms with van der Waals surface area (Å²) in [6.07, 6.45) is 4.06. The summed E-state index contributed by atoms with van der Waals surface area (Å²) in [6, 6.07) is 2.48. The van der Waals surface area contributed by atoms with Crippen LogP contribution in [0.5, 0.6) is 0 Å². The predicted molar refractivity (Wildman–Crippen MR) is 110 cm³/mol. The highest BCUT2D eigenvalue weighted by molar-refractivity contribution is 5.80. The van der Waals surface area contributed by atoms with Crippen molar-refractivity contribution in [3.63, 3.8) is 0 Å². The Morgan fingerprint density at radius 1 is 1.31 bits per heavy atom. The van der Waals surface area contributed by atoms with Crippen molar-refractivity contribution in [2.24, 2.45) is 5.92 Å². The van der Waals surface area contributed by atoms with Crippen molar-refractivity contribution in [2.75, 3.05) is 13.1 Å². The number of hydrogen-bond acceptors (Lipinski definition) is 5. The van der Waals surface area contributed by atoms with E-state index < -0.39 is 12.1 Å². The smallest absolute Gasteiger partial charge is 0.475 e. The van der Waals surface area contributed by atoms with Crippen LogP contribution in [0.4, 0.5) is 13.2 Å². The summed E-state index contributed by atoms with van der Waals surface area (Å²) in [5.74, 6) is -0.751. The number of halogens is 3. The first-order valence-electron chi connectivity index (χ1n) is 11.3. The van der Waals surface area contributed by atoms with Crippen molar-refractivity contribution < 1.29 is 32.4 Å². The molecule has 3 fully saturated rings. The van der Waals surface area contributed by atoms with Gasteiger partial charge < -0.3 is 14.5 Å². The van der Waals surface area contributed by atoms with Gasteiger partial charge >= 0.3 is 12.1 Å². The van der Waals surface area contributed by atoms with Gasteiger partial charge in [-0.15, -0.1) is 0 Å². The largest absolute Gasteiger partial charge is 0.490 e. The van der Waals surface area contributed by atoms with Crippen LogP contribution in [0, 0.1) is 12.8 Å². The zero-order chi connectivity index (χ0) is 23.5. The van der Waals surface area contributed by atoms with Crippen LogP contribution in [-0.4, -0.2) is 62.8 Å². The number of nitrogens with zero attached hydrogens (tertiary/aromatic N) is 3. The van der Waals surface area contributed by atoms with Gasteiger partial charge in [-0.1, -0.05) is 18.5 Å². The topological polar surface area (TPSA) is 86.9 Å². The van der Waals surface area contributed by atoms with Gasteiger partial charge in [0.2, 0.25) is 5.91 Å². The third-order valence-corrected chi connectivity index (χ3v) is 7.06. The van der Waals surface area contributed by atoms with Gasteiger partial charge in [0.25, 0.3) is 0 Å². The van der Waals surface area contributed by atoms with E-state index in [0.29, 0.717) is 11.9 Å². The Balaban J connectivity index is 0.000000360. The van der Waals surface area contributed by atoms with Crippen LogP contribution >= 0.6 is 0 Å². The summed E-state index contributed by atoms with van der Waals surface area (Å²) in [5, 5.41) is 11.3. The molecule has 0 unspecified atom stereocenters. The Kier molecular flexibility index (Phi) is 7.52. The number of aryl methyl sites for hydroxylation is 1. The van der Waals surface area contributed by atoms with Gasteiger partial charge in [-0.2, -0.15) is 13.2 Å². The summed E-state index contributed by atoms with van der Waals surface area (Å²) in [4.78, 5) is 26.5. The normalized spacial score (nSPS) is 26.7. The number of hydrogen-bond donors (Lipinski definition) is 1. The SMILES string of the molecule is CC[C@@H]1N(Cc2cc(C)on2)CCC[C@]12CCC(=O)N2CC1CCC1.O=C(O)C(F)(F)F. The minimum atomic E-state index is -5.08. The standard InChI is InChI=1S/C20H31N3O2.C2HF3O2/c1-3-18-20(10-8-19(24)23(20)13-16-6-4-7-16)9-5-11-22(18)14-17-12-15(2)25-21-17;3-2(4,5)1(6)7/h12,16,18H,3-11,13-14H2,1-2H3;(H,6,7)/t18-,20-;/m0./s1. The van der Waals surface area contributed by atoms with Gasteiger partial charge in [0.15, 0.2) is 0 Å². The Hall–Kier alpha value is -2.10. The number of piperidine rings is 1. The average molecular weight is 460 g/mol. The monoisotopic (exact) mass is 459 g/mol.